The number of hydrogen-bond acceptors (Lipinski definition) is 3. The molecule has 1 N–H and O–H groups in total. The molecule has 1 aliphatic heterocycles. The lowest BCUT2D eigenvalue weighted by molar-refractivity contribution is 0.586. The molecule has 0 saturated heterocycles. The molecule has 0 amide bonds. The zero-order valence-corrected chi connectivity index (χ0v) is 12.1. The number of rotatable bonds is 3. The Bertz CT molecular complexity index is 578. The summed E-state index contributed by atoms with van der Waals surface area (Å²) in [7, 11) is -1.45. The maximum atomic E-state index is 12.3. The molecule has 0 aromatic heterocycles. The number of hydrogen-bond donors (Lipinski definition) is 1. The molecular weight excluding hydrogens is 302 g/mol. The van der Waals surface area contributed by atoms with Crippen LogP contribution >= 0.6 is 15.9 Å². The van der Waals surface area contributed by atoms with Gasteiger partial charge in [0.25, 0.3) is 0 Å². The third-order valence-corrected chi connectivity index (χ3v) is 5.33. The van der Waals surface area contributed by atoms with Crippen molar-refractivity contribution in [3.8, 4) is 0 Å². The standard InChI is InChI=1S/C12H14BrNO2S/c1-8(14-2)5-11-6-9-3-4-10(13)7-12(9)17(11,15)16/h3-4,6-8,14H,5H2,1-2H3. The van der Waals surface area contributed by atoms with Gasteiger partial charge in [-0.2, -0.15) is 0 Å². The van der Waals surface area contributed by atoms with Gasteiger partial charge in [0, 0.05) is 10.5 Å². The van der Waals surface area contributed by atoms with Gasteiger partial charge in [0.15, 0.2) is 0 Å². The van der Waals surface area contributed by atoms with E-state index in [9.17, 15) is 8.42 Å². The van der Waals surface area contributed by atoms with Crippen LogP contribution in [0.5, 0.6) is 0 Å². The summed E-state index contributed by atoms with van der Waals surface area (Å²) in [6.45, 7) is 1.97. The van der Waals surface area contributed by atoms with E-state index in [1.807, 2.05) is 26.1 Å². The highest BCUT2D eigenvalue weighted by molar-refractivity contribution is 9.10. The highest BCUT2D eigenvalue weighted by Crippen LogP contribution is 2.36. The Morgan fingerprint density at radius 1 is 1.41 bits per heavy atom. The molecule has 1 aliphatic rings. The summed E-state index contributed by atoms with van der Waals surface area (Å²) in [5, 5.41) is 3.05. The number of fused-ring (bicyclic) bond motifs is 1. The molecule has 0 spiro atoms. The number of nitrogens with one attached hydrogen (secondary N) is 1. The van der Waals surface area contributed by atoms with Crippen molar-refractivity contribution in [2.24, 2.45) is 0 Å². The van der Waals surface area contributed by atoms with Crippen molar-refractivity contribution >= 4 is 31.8 Å². The van der Waals surface area contributed by atoms with Gasteiger partial charge in [-0.25, -0.2) is 8.42 Å². The Kier molecular flexibility index (Phi) is 3.43. The molecule has 1 aromatic rings. The van der Waals surface area contributed by atoms with Crippen LogP contribution in [0.25, 0.3) is 6.08 Å². The molecule has 0 radical (unpaired) electrons. The largest absolute Gasteiger partial charge is 0.317 e. The molecule has 17 heavy (non-hydrogen) atoms. The van der Waals surface area contributed by atoms with Gasteiger partial charge >= 0.3 is 0 Å². The van der Waals surface area contributed by atoms with E-state index in [0.29, 0.717) is 16.2 Å². The Morgan fingerprint density at radius 2 is 2.12 bits per heavy atom. The average molecular weight is 316 g/mol. The summed E-state index contributed by atoms with van der Waals surface area (Å²) in [4.78, 5) is 0.901. The molecule has 1 heterocycles. The van der Waals surface area contributed by atoms with Gasteiger partial charge in [0.05, 0.1) is 9.80 Å². The maximum Gasteiger partial charge on any atom is 0.203 e. The second kappa shape index (κ2) is 4.55. The zero-order valence-electron chi connectivity index (χ0n) is 9.70. The molecular formula is C12H14BrNO2S. The van der Waals surface area contributed by atoms with E-state index in [4.69, 9.17) is 0 Å². The smallest absolute Gasteiger partial charge is 0.203 e. The van der Waals surface area contributed by atoms with Gasteiger partial charge in [-0.15, -0.1) is 0 Å². The predicted molar refractivity (Wildman–Crippen MR) is 72.4 cm³/mol. The topological polar surface area (TPSA) is 46.2 Å². The first-order valence-electron chi connectivity index (χ1n) is 5.37. The Balaban J connectivity index is 2.43. The van der Waals surface area contributed by atoms with Crippen LogP contribution in [0.1, 0.15) is 18.9 Å². The normalized spacial score (nSPS) is 18.6. The molecule has 3 nitrogen and oxygen atoms in total. The van der Waals surface area contributed by atoms with Crippen molar-refractivity contribution < 1.29 is 8.42 Å². The Hall–Kier alpha value is -0.650. The van der Waals surface area contributed by atoms with Gasteiger partial charge in [0.2, 0.25) is 9.84 Å². The molecule has 1 aromatic carbocycles. The van der Waals surface area contributed by atoms with Crippen LogP contribution in [-0.2, 0) is 9.84 Å². The first kappa shape index (κ1) is 12.8. The van der Waals surface area contributed by atoms with Gasteiger partial charge in [0.1, 0.15) is 0 Å². The van der Waals surface area contributed by atoms with E-state index in [0.717, 1.165) is 10.0 Å². The summed E-state index contributed by atoms with van der Waals surface area (Å²) in [6, 6.07) is 5.50. The van der Waals surface area contributed by atoms with Crippen LogP contribution in [0.3, 0.4) is 0 Å². The minimum atomic E-state index is -3.28. The quantitative estimate of drug-likeness (QED) is 0.932. The molecule has 0 bridgehead atoms. The predicted octanol–water partition coefficient (Wildman–Crippen LogP) is 2.58. The van der Waals surface area contributed by atoms with Gasteiger partial charge in [-0.1, -0.05) is 22.0 Å². The molecule has 5 heteroatoms. The summed E-state index contributed by atoms with van der Waals surface area (Å²) < 4.78 is 25.3. The van der Waals surface area contributed by atoms with E-state index in [2.05, 4.69) is 21.2 Å². The van der Waals surface area contributed by atoms with Crippen molar-refractivity contribution in [3.05, 3.63) is 33.1 Å². The lowest BCUT2D eigenvalue weighted by Crippen LogP contribution is -2.22. The SMILES string of the molecule is CNC(C)CC1=Cc2ccc(Br)cc2S1(=O)=O. The van der Waals surface area contributed by atoms with E-state index in [-0.39, 0.29) is 6.04 Å². The molecule has 0 aliphatic carbocycles. The molecule has 1 atom stereocenters. The summed E-state index contributed by atoms with van der Waals surface area (Å²) in [5.74, 6) is 0. The average Bonchev–Trinajstić information content (AvgIpc) is 2.52. The highest BCUT2D eigenvalue weighted by Gasteiger charge is 2.30. The number of halogens is 1. The first-order valence-corrected chi connectivity index (χ1v) is 7.65. The van der Waals surface area contributed by atoms with Crippen LogP contribution < -0.4 is 5.32 Å². The van der Waals surface area contributed by atoms with Crippen molar-refractivity contribution in [3.63, 3.8) is 0 Å². The summed E-state index contributed by atoms with van der Waals surface area (Å²) in [5.41, 5.74) is 0.784. The minimum Gasteiger partial charge on any atom is -0.317 e. The van der Waals surface area contributed by atoms with Gasteiger partial charge in [-0.05, 0) is 44.2 Å². The maximum absolute atomic E-state index is 12.3. The van der Waals surface area contributed by atoms with Crippen LogP contribution in [0.15, 0.2) is 32.5 Å². The van der Waals surface area contributed by atoms with E-state index in [1.54, 1.807) is 12.1 Å². The fourth-order valence-electron chi connectivity index (χ4n) is 1.82. The number of benzene rings is 1. The van der Waals surface area contributed by atoms with Crippen molar-refractivity contribution in [1.29, 1.82) is 0 Å². The second-order valence-corrected chi connectivity index (χ2v) is 7.08. The van der Waals surface area contributed by atoms with Gasteiger partial charge in [-0.3, -0.25) is 0 Å². The highest BCUT2D eigenvalue weighted by atomic mass is 79.9. The molecule has 1 unspecified atom stereocenters. The Labute approximate surface area is 110 Å². The van der Waals surface area contributed by atoms with Crippen LogP contribution in [0.4, 0.5) is 0 Å². The minimum absolute atomic E-state index is 0.147. The fraction of sp³-hybridized carbons (Fsp3) is 0.333. The lowest BCUT2D eigenvalue weighted by atomic mass is 10.1. The third kappa shape index (κ3) is 2.32. The third-order valence-electron chi connectivity index (χ3n) is 2.93. The van der Waals surface area contributed by atoms with Crippen molar-refractivity contribution in [2.45, 2.75) is 24.3 Å². The molecule has 0 saturated carbocycles. The summed E-state index contributed by atoms with van der Waals surface area (Å²) >= 11 is 3.30. The van der Waals surface area contributed by atoms with Crippen LogP contribution in [-0.4, -0.2) is 21.5 Å². The second-order valence-electron chi connectivity index (χ2n) is 4.19. The van der Waals surface area contributed by atoms with E-state index >= 15 is 0 Å². The molecule has 92 valence electrons. The first-order chi connectivity index (χ1) is 7.95. The van der Waals surface area contributed by atoms with Crippen molar-refractivity contribution in [2.75, 3.05) is 7.05 Å². The molecule has 2 rings (SSSR count). The van der Waals surface area contributed by atoms with E-state index < -0.39 is 9.84 Å². The lowest BCUT2D eigenvalue weighted by Gasteiger charge is -2.10. The van der Waals surface area contributed by atoms with Gasteiger partial charge < -0.3 is 5.32 Å². The van der Waals surface area contributed by atoms with Crippen LogP contribution in [0, 0.1) is 0 Å². The Morgan fingerprint density at radius 3 is 2.76 bits per heavy atom. The summed E-state index contributed by atoms with van der Waals surface area (Å²) in [6.07, 6.45) is 2.29. The van der Waals surface area contributed by atoms with Crippen LogP contribution in [0.2, 0.25) is 0 Å². The fourth-order valence-corrected chi connectivity index (χ4v) is 4.09. The number of sulfone groups is 1. The van der Waals surface area contributed by atoms with Crippen molar-refractivity contribution in [1.82, 2.24) is 5.32 Å². The monoisotopic (exact) mass is 315 g/mol. The molecule has 0 fully saturated rings. The van der Waals surface area contributed by atoms with E-state index in [1.165, 1.54) is 0 Å². The zero-order chi connectivity index (χ0) is 12.6.